The number of methoxy groups -OCH3 is 1. The SMILES string of the molecule is C=CCCN1C=CC(=O)CC1(C)C(=O)OC. The van der Waals surface area contributed by atoms with Crippen LogP contribution in [0, 0.1) is 0 Å². The summed E-state index contributed by atoms with van der Waals surface area (Å²) in [5.41, 5.74) is -0.885. The molecular weight excluding hydrogens is 206 g/mol. The summed E-state index contributed by atoms with van der Waals surface area (Å²) in [7, 11) is 1.34. The van der Waals surface area contributed by atoms with Crippen molar-refractivity contribution in [1.82, 2.24) is 4.90 Å². The minimum atomic E-state index is -0.885. The monoisotopic (exact) mass is 223 g/mol. The molecule has 1 unspecified atom stereocenters. The molecule has 0 N–H and O–H groups in total. The minimum Gasteiger partial charge on any atom is -0.467 e. The molecule has 0 amide bonds. The molecule has 0 saturated carbocycles. The van der Waals surface area contributed by atoms with E-state index in [1.165, 1.54) is 13.2 Å². The maximum atomic E-state index is 11.7. The number of allylic oxidation sites excluding steroid dienone is 1. The Morgan fingerprint density at radius 3 is 3.00 bits per heavy atom. The summed E-state index contributed by atoms with van der Waals surface area (Å²) in [6.45, 7) is 6.02. The second-order valence-corrected chi connectivity index (χ2v) is 4.00. The Kier molecular flexibility index (Phi) is 3.88. The summed E-state index contributed by atoms with van der Waals surface area (Å²) in [5, 5.41) is 0. The standard InChI is InChI=1S/C12H17NO3/c1-4-5-7-13-8-6-10(14)9-12(13,2)11(15)16-3/h4,6,8H,1,5,7,9H2,2-3H3. The third kappa shape index (κ3) is 2.32. The number of rotatable bonds is 4. The van der Waals surface area contributed by atoms with Gasteiger partial charge in [-0.1, -0.05) is 6.08 Å². The fourth-order valence-corrected chi connectivity index (χ4v) is 1.80. The van der Waals surface area contributed by atoms with Gasteiger partial charge in [-0.05, 0) is 19.4 Å². The van der Waals surface area contributed by atoms with Gasteiger partial charge in [-0.15, -0.1) is 6.58 Å². The van der Waals surface area contributed by atoms with Crippen molar-refractivity contribution in [3.8, 4) is 0 Å². The highest BCUT2D eigenvalue weighted by Gasteiger charge is 2.42. The summed E-state index contributed by atoms with van der Waals surface area (Å²) < 4.78 is 4.76. The molecule has 0 radical (unpaired) electrons. The van der Waals surface area contributed by atoms with Gasteiger partial charge in [-0.3, -0.25) is 4.79 Å². The van der Waals surface area contributed by atoms with Gasteiger partial charge < -0.3 is 9.64 Å². The molecule has 88 valence electrons. The zero-order chi connectivity index (χ0) is 12.2. The molecule has 0 aliphatic carbocycles. The summed E-state index contributed by atoms with van der Waals surface area (Å²) in [6, 6.07) is 0. The van der Waals surface area contributed by atoms with Crippen molar-refractivity contribution in [2.45, 2.75) is 25.3 Å². The molecule has 4 nitrogen and oxygen atoms in total. The number of nitrogens with zero attached hydrogens (tertiary/aromatic N) is 1. The quantitative estimate of drug-likeness (QED) is 0.532. The zero-order valence-corrected chi connectivity index (χ0v) is 9.73. The van der Waals surface area contributed by atoms with E-state index < -0.39 is 5.54 Å². The van der Waals surface area contributed by atoms with Gasteiger partial charge in [0.1, 0.15) is 5.54 Å². The van der Waals surface area contributed by atoms with E-state index in [9.17, 15) is 9.59 Å². The Morgan fingerprint density at radius 2 is 2.44 bits per heavy atom. The second-order valence-electron chi connectivity index (χ2n) is 4.00. The first-order valence-corrected chi connectivity index (χ1v) is 5.21. The van der Waals surface area contributed by atoms with Crippen molar-refractivity contribution >= 4 is 11.8 Å². The minimum absolute atomic E-state index is 0.0530. The first-order valence-electron chi connectivity index (χ1n) is 5.21. The molecule has 1 aliphatic heterocycles. The molecule has 4 heteroatoms. The lowest BCUT2D eigenvalue weighted by molar-refractivity contribution is -0.155. The van der Waals surface area contributed by atoms with Crippen molar-refractivity contribution in [3.63, 3.8) is 0 Å². The summed E-state index contributed by atoms with van der Waals surface area (Å²) in [4.78, 5) is 24.9. The van der Waals surface area contributed by atoms with Gasteiger partial charge >= 0.3 is 5.97 Å². The van der Waals surface area contributed by atoms with E-state index >= 15 is 0 Å². The molecule has 1 aliphatic rings. The van der Waals surface area contributed by atoms with Crippen molar-refractivity contribution in [2.24, 2.45) is 0 Å². The van der Waals surface area contributed by atoms with E-state index in [1.807, 2.05) is 4.90 Å². The average molecular weight is 223 g/mol. The number of carbonyl (C=O) groups is 2. The van der Waals surface area contributed by atoms with Gasteiger partial charge in [0.2, 0.25) is 0 Å². The van der Waals surface area contributed by atoms with Crippen molar-refractivity contribution in [2.75, 3.05) is 13.7 Å². The molecule has 0 aromatic rings. The molecule has 0 aromatic heterocycles. The maximum absolute atomic E-state index is 11.7. The van der Waals surface area contributed by atoms with Crippen molar-refractivity contribution in [3.05, 3.63) is 24.9 Å². The summed E-state index contributed by atoms with van der Waals surface area (Å²) in [6.07, 6.45) is 5.85. The van der Waals surface area contributed by atoms with Gasteiger partial charge in [-0.2, -0.15) is 0 Å². The first-order chi connectivity index (χ1) is 7.54. The van der Waals surface area contributed by atoms with Crippen molar-refractivity contribution in [1.29, 1.82) is 0 Å². The first kappa shape index (κ1) is 12.5. The molecule has 0 bridgehead atoms. The predicted octanol–water partition coefficient (Wildman–Crippen LogP) is 1.28. The smallest absolute Gasteiger partial charge is 0.331 e. The number of esters is 1. The molecule has 0 spiro atoms. The number of ether oxygens (including phenoxy) is 1. The fourth-order valence-electron chi connectivity index (χ4n) is 1.80. The average Bonchev–Trinajstić information content (AvgIpc) is 2.27. The maximum Gasteiger partial charge on any atom is 0.331 e. The van der Waals surface area contributed by atoms with Gasteiger partial charge in [0, 0.05) is 19.2 Å². The summed E-state index contributed by atoms with van der Waals surface area (Å²) in [5.74, 6) is -0.433. The lowest BCUT2D eigenvalue weighted by Gasteiger charge is -2.39. The topological polar surface area (TPSA) is 46.6 Å². The van der Waals surface area contributed by atoms with E-state index in [0.717, 1.165) is 6.42 Å². The van der Waals surface area contributed by atoms with Crippen LogP contribution in [0.1, 0.15) is 19.8 Å². The molecule has 0 aromatic carbocycles. The lowest BCUT2D eigenvalue weighted by Crippen LogP contribution is -2.53. The van der Waals surface area contributed by atoms with Crippen LogP contribution < -0.4 is 0 Å². The molecule has 16 heavy (non-hydrogen) atoms. The van der Waals surface area contributed by atoms with Gasteiger partial charge in [0.25, 0.3) is 0 Å². The lowest BCUT2D eigenvalue weighted by atomic mass is 9.90. The van der Waals surface area contributed by atoms with Gasteiger partial charge in [-0.25, -0.2) is 4.79 Å². The Bertz CT molecular complexity index is 335. The van der Waals surface area contributed by atoms with Crippen LogP contribution in [0.5, 0.6) is 0 Å². The molecule has 0 saturated heterocycles. The molecular formula is C12H17NO3. The number of ketones is 1. The molecule has 1 heterocycles. The third-order valence-electron chi connectivity index (χ3n) is 2.79. The van der Waals surface area contributed by atoms with E-state index in [2.05, 4.69) is 6.58 Å². The highest BCUT2D eigenvalue weighted by Crippen LogP contribution is 2.26. The van der Waals surface area contributed by atoms with Crippen LogP contribution in [0.4, 0.5) is 0 Å². The van der Waals surface area contributed by atoms with Crippen LogP contribution in [0.3, 0.4) is 0 Å². The number of hydrogen-bond acceptors (Lipinski definition) is 4. The molecule has 0 fully saturated rings. The summed E-state index contributed by atoms with van der Waals surface area (Å²) >= 11 is 0. The van der Waals surface area contributed by atoms with E-state index in [4.69, 9.17) is 4.74 Å². The normalized spacial score (nSPS) is 24.4. The fraction of sp³-hybridized carbons (Fsp3) is 0.500. The number of carbonyl (C=O) groups excluding carboxylic acids is 2. The van der Waals surface area contributed by atoms with Crippen LogP contribution in [-0.4, -0.2) is 35.8 Å². The van der Waals surface area contributed by atoms with Crippen LogP contribution in [0.15, 0.2) is 24.9 Å². The molecule has 1 rings (SSSR count). The van der Waals surface area contributed by atoms with Crippen LogP contribution in [-0.2, 0) is 14.3 Å². The highest BCUT2D eigenvalue weighted by molar-refractivity contribution is 5.97. The van der Waals surface area contributed by atoms with Crippen LogP contribution in [0.2, 0.25) is 0 Å². The van der Waals surface area contributed by atoms with Crippen LogP contribution in [0.25, 0.3) is 0 Å². The van der Waals surface area contributed by atoms with E-state index in [-0.39, 0.29) is 18.2 Å². The zero-order valence-electron chi connectivity index (χ0n) is 9.73. The third-order valence-corrected chi connectivity index (χ3v) is 2.79. The molecule has 1 atom stereocenters. The largest absolute Gasteiger partial charge is 0.467 e. The van der Waals surface area contributed by atoms with E-state index in [1.54, 1.807) is 19.2 Å². The highest BCUT2D eigenvalue weighted by atomic mass is 16.5. The number of hydrogen-bond donors (Lipinski definition) is 0. The Labute approximate surface area is 95.6 Å². The Morgan fingerprint density at radius 1 is 1.75 bits per heavy atom. The predicted molar refractivity (Wildman–Crippen MR) is 60.7 cm³/mol. The Hall–Kier alpha value is -1.58. The van der Waals surface area contributed by atoms with Gasteiger partial charge in [0.05, 0.1) is 7.11 Å². The Balaban J connectivity index is 2.92. The van der Waals surface area contributed by atoms with E-state index in [0.29, 0.717) is 6.54 Å². The van der Waals surface area contributed by atoms with Gasteiger partial charge in [0.15, 0.2) is 5.78 Å². The second kappa shape index (κ2) is 4.96. The van der Waals surface area contributed by atoms with Crippen LogP contribution >= 0.6 is 0 Å². The van der Waals surface area contributed by atoms with Crippen molar-refractivity contribution < 1.29 is 14.3 Å².